The molecule has 154 valence electrons. The van der Waals surface area contributed by atoms with Gasteiger partial charge < -0.3 is 4.74 Å². The van der Waals surface area contributed by atoms with Crippen LogP contribution in [0.1, 0.15) is 11.1 Å². The second-order valence-corrected chi connectivity index (χ2v) is 6.98. The van der Waals surface area contributed by atoms with E-state index in [1.807, 2.05) is 72.8 Å². The molecule has 0 saturated heterocycles. The predicted molar refractivity (Wildman–Crippen MR) is 123 cm³/mol. The normalized spacial score (nSPS) is 10.9. The minimum Gasteiger partial charge on any atom is -0.488 e. The zero-order valence-corrected chi connectivity index (χ0v) is 17.2. The smallest absolute Gasteiger partial charge is 0.292 e. The maximum Gasteiger partial charge on any atom is 0.292 e. The molecular formula is C24H19ClN4O2. The van der Waals surface area contributed by atoms with Crippen LogP contribution in [0, 0.1) is 0 Å². The Balaban J connectivity index is 1.48. The summed E-state index contributed by atoms with van der Waals surface area (Å²) in [6.07, 6.45) is 3.07. The van der Waals surface area contributed by atoms with Gasteiger partial charge in [0.25, 0.3) is 5.56 Å². The van der Waals surface area contributed by atoms with Gasteiger partial charge in [0.1, 0.15) is 23.1 Å². The first-order valence-electron chi connectivity index (χ1n) is 9.60. The van der Waals surface area contributed by atoms with Gasteiger partial charge in [-0.1, -0.05) is 72.3 Å². The van der Waals surface area contributed by atoms with E-state index in [0.717, 1.165) is 11.1 Å². The quantitative estimate of drug-likeness (QED) is 0.334. The van der Waals surface area contributed by atoms with Gasteiger partial charge in [0.15, 0.2) is 0 Å². The summed E-state index contributed by atoms with van der Waals surface area (Å²) in [5, 5.41) is 8.38. The molecule has 1 heterocycles. The van der Waals surface area contributed by atoms with Crippen LogP contribution in [0.4, 0.5) is 5.69 Å². The Bertz CT molecular complexity index is 1240. The molecule has 0 atom stereocenters. The standard InChI is InChI=1S/C24H19ClN4O2/c25-23-21(16-27-29(24(23)30)20-12-5-2-6-13-20)28-26-15-19-11-7-8-14-22(19)31-17-18-9-3-1-4-10-18/h1-16,28H,17H2/b26-15+. The van der Waals surface area contributed by atoms with E-state index in [-0.39, 0.29) is 5.02 Å². The molecule has 0 saturated carbocycles. The highest BCUT2D eigenvalue weighted by atomic mass is 35.5. The second kappa shape index (κ2) is 9.73. The van der Waals surface area contributed by atoms with Crippen molar-refractivity contribution in [2.24, 2.45) is 5.10 Å². The molecule has 1 N–H and O–H groups in total. The molecule has 6 nitrogen and oxygen atoms in total. The van der Waals surface area contributed by atoms with E-state index < -0.39 is 5.56 Å². The Morgan fingerprint density at radius 3 is 2.42 bits per heavy atom. The van der Waals surface area contributed by atoms with Crippen molar-refractivity contribution < 1.29 is 4.74 Å². The van der Waals surface area contributed by atoms with Gasteiger partial charge in [0, 0.05) is 5.56 Å². The average Bonchev–Trinajstić information content (AvgIpc) is 2.82. The zero-order valence-electron chi connectivity index (χ0n) is 16.5. The maximum absolute atomic E-state index is 12.6. The van der Waals surface area contributed by atoms with E-state index >= 15 is 0 Å². The number of benzene rings is 3. The van der Waals surface area contributed by atoms with Gasteiger partial charge in [-0.2, -0.15) is 14.9 Å². The van der Waals surface area contributed by atoms with Crippen LogP contribution in [-0.2, 0) is 6.61 Å². The van der Waals surface area contributed by atoms with Crippen molar-refractivity contribution in [1.29, 1.82) is 0 Å². The molecule has 1 aromatic heterocycles. The summed E-state index contributed by atoms with van der Waals surface area (Å²) >= 11 is 6.24. The highest BCUT2D eigenvalue weighted by Gasteiger charge is 2.10. The fourth-order valence-electron chi connectivity index (χ4n) is 2.89. The van der Waals surface area contributed by atoms with Crippen molar-refractivity contribution in [3.63, 3.8) is 0 Å². The lowest BCUT2D eigenvalue weighted by atomic mass is 10.2. The van der Waals surface area contributed by atoms with Crippen molar-refractivity contribution in [1.82, 2.24) is 9.78 Å². The Morgan fingerprint density at radius 1 is 0.968 bits per heavy atom. The largest absolute Gasteiger partial charge is 0.488 e. The molecule has 0 spiro atoms. The van der Waals surface area contributed by atoms with Crippen LogP contribution >= 0.6 is 11.6 Å². The highest BCUT2D eigenvalue weighted by Crippen LogP contribution is 2.19. The monoisotopic (exact) mass is 430 g/mol. The molecule has 0 unspecified atom stereocenters. The van der Waals surface area contributed by atoms with Crippen LogP contribution in [0.3, 0.4) is 0 Å². The van der Waals surface area contributed by atoms with E-state index in [0.29, 0.717) is 23.7 Å². The van der Waals surface area contributed by atoms with Gasteiger partial charge >= 0.3 is 0 Å². The number of nitrogens with zero attached hydrogens (tertiary/aromatic N) is 3. The minimum atomic E-state index is -0.431. The van der Waals surface area contributed by atoms with Crippen molar-refractivity contribution in [3.8, 4) is 11.4 Å². The average molecular weight is 431 g/mol. The number of hydrazone groups is 1. The van der Waals surface area contributed by atoms with Crippen LogP contribution in [-0.4, -0.2) is 16.0 Å². The lowest BCUT2D eigenvalue weighted by Crippen LogP contribution is -2.22. The fraction of sp³-hybridized carbons (Fsp3) is 0.0417. The Hall–Kier alpha value is -3.90. The number of aromatic nitrogens is 2. The van der Waals surface area contributed by atoms with E-state index in [1.165, 1.54) is 10.9 Å². The van der Waals surface area contributed by atoms with Crippen LogP contribution in [0.2, 0.25) is 5.02 Å². The highest BCUT2D eigenvalue weighted by molar-refractivity contribution is 6.32. The summed E-state index contributed by atoms with van der Waals surface area (Å²) in [4.78, 5) is 12.6. The summed E-state index contributed by atoms with van der Waals surface area (Å²) in [6.45, 7) is 0.451. The third-order valence-electron chi connectivity index (χ3n) is 4.46. The number of ether oxygens (including phenoxy) is 1. The van der Waals surface area contributed by atoms with Crippen molar-refractivity contribution >= 4 is 23.5 Å². The molecule has 31 heavy (non-hydrogen) atoms. The Morgan fingerprint density at radius 2 is 1.65 bits per heavy atom. The first-order chi connectivity index (χ1) is 15.2. The first-order valence-corrected chi connectivity index (χ1v) is 9.98. The molecule has 7 heteroatoms. The van der Waals surface area contributed by atoms with Crippen LogP contribution < -0.4 is 15.7 Å². The summed E-state index contributed by atoms with van der Waals surface area (Å²) < 4.78 is 7.16. The molecule has 3 aromatic carbocycles. The number of rotatable bonds is 7. The van der Waals surface area contributed by atoms with Gasteiger partial charge in [-0.3, -0.25) is 10.2 Å². The number of nitrogens with one attached hydrogen (secondary N) is 1. The summed E-state index contributed by atoms with van der Waals surface area (Å²) in [5.41, 5.74) is 5.17. The molecule has 0 aliphatic carbocycles. The number of hydrogen-bond donors (Lipinski definition) is 1. The van der Waals surface area contributed by atoms with Crippen LogP contribution in [0.25, 0.3) is 5.69 Å². The molecule has 0 aliphatic heterocycles. The van der Waals surface area contributed by atoms with Crippen LogP contribution in [0.5, 0.6) is 5.75 Å². The van der Waals surface area contributed by atoms with Gasteiger partial charge in [-0.15, -0.1) is 0 Å². The molecule has 0 amide bonds. The zero-order chi connectivity index (χ0) is 21.5. The van der Waals surface area contributed by atoms with Crippen molar-refractivity contribution in [2.75, 3.05) is 5.43 Å². The molecular weight excluding hydrogens is 412 g/mol. The first kappa shape index (κ1) is 20.4. The van der Waals surface area contributed by atoms with E-state index in [2.05, 4.69) is 15.6 Å². The lowest BCUT2D eigenvalue weighted by molar-refractivity contribution is 0.306. The number of hydrogen-bond acceptors (Lipinski definition) is 5. The molecule has 4 rings (SSSR count). The lowest BCUT2D eigenvalue weighted by Gasteiger charge is -2.09. The van der Waals surface area contributed by atoms with Gasteiger partial charge in [-0.05, 0) is 29.8 Å². The minimum absolute atomic E-state index is 0.00427. The summed E-state index contributed by atoms with van der Waals surface area (Å²) in [5.74, 6) is 0.695. The van der Waals surface area contributed by atoms with Gasteiger partial charge in [-0.25, -0.2) is 0 Å². The molecule has 0 fully saturated rings. The molecule has 0 bridgehead atoms. The van der Waals surface area contributed by atoms with Gasteiger partial charge in [0.05, 0.1) is 18.1 Å². The van der Waals surface area contributed by atoms with E-state index in [9.17, 15) is 4.79 Å². The van der Waals surface area contributed by atoms with Crippen LogP contribution in [0.15, 0.2) is 101 Å². The molecule has 4 aromatic rings. The molecule has 0 radical (unpaired) electrons. The molecule has 0 aliphatic rings. The predicted octanol–water partition coefficient (Wildman–Crippen LogP) is 4.91. The Kier molecular flexibility index (Phi) is 6.40. The van der Waals surface area contributed by atoms with Crippen molar-refractivity contribution in [3.05, 3.63) is 118 Å². The third kappa shape index (κ3) is 4.99. The number of anilines is 1. The SMILES string of the molecule is O=c1c(Cl)c(N/N=C/c2ccccc2OCc2ccccc2)cnn1-c1ccccc1. The number of para-hydroxylation sites is 2. The van der Waals surface area contributed by atoms with E-state index in [4.69, 9.17) is 16.3 Å². The van der Waals surface area contributed by atoms with Gasteiger partial charge in [0.2, 0.25) is 0 Å². The maximum atomic E-state index is 12.6. The Labute approximate surface area is 184 Å². The fourth-order valence-corrected chi connectivity index (χ4v) is 3.06. The van der Waals surface area contributed by atoms with Crippen molar-refractivity contribution in [2.45, 2.75) is 6.61 Å². The number of halogens is 1. The van der Waals surface area contributed by atoms with E-state index in [1.54, 1.807) is 18.3 Å². The third-order valence-corrected chi connectivity index (χ3v) is 4.83. The topological polar surface area (TPSA) is 68.5 Å². The second-order valence-electron chi connectivity index (χ2n) is 6.61. The summed E-state index contributed by atoms with van der Waals surface area (Å²) in [7, 11) is 0. The summed E-state index contributed by atoms with van der Waals surface area (Å²) in [6, 6.07) is 26.5.